The second-order valence-electron chi connectivity index (χ2n) is 7.99. The van der Waals surface area contributed by atoms with Gasteiger partial charge < -0.3 is 4.90 Å². The first-order chi connectivity index (χ1) is 10.8. The summed E-state index contributed by atoms with van der Waals surface area (Å²) in [7, 11) is 0. The van der Waals surface area contributed by atoms with Crippen molar-refractivity contribution >= 4 is 33.3 Å². The van der Waals surface area contributed by atoms with Gasteiger partial charge in [-0.15, -0.1) is 0 Å². The van der Waals surface area contributed by atoms with Crippen LogP contribution in [0.15, 0.2) is 24.3 Å². The largest absolute Gasteiger partial charge is 0.311 e. The Morgan fingerprint density at radius 3 is 2.57 bits per heavy atom. The van der Waals surface area contributed by atoms with E-state index in [1.54, 1.807) is 0 Å². The van der Waals surface area contributed by atoms with E-state index in [1.807, 2.05) is 30.0 Å². The highest BCUT2D eigenvalue weighted by Gasteiger charge is 2.77. The molecule has 2 fully saturated rings. The summed E-state index contributed by atoms with van der Waals surface area (Å²) in [5.41, 5.74) is 0.883. The number of fused-ring (bicyclic) bond motifs is 3. The van der Waals surface area contributed by atoms with Gasteiger partial charge in [0.1, 0.15) is 0 Å². The first kappa shape index (κ1) is 15.4. The molecule has 0 spiro atoms. The minimum Gasteiger partial charge on any atom is -0.311 e. The molecule has 0 aromatic heterocycles. The Balaban J connectivity index is 1.82. The average Bonchev–Trinajstić information content (AvgIpc) is 3.07. The molecule has 4 rings (SSSR count). The molecule has 2 saturated carbocycles. The lowest BCUT2D eigenvalue weighted by molar-refractivity contribution is -0.133. The Labute approximate surface area is 145 Å². The van der Waals surface area contributed by atoms with E-state index in [4.69, 9.17) is 0 Å². The summed E-state index contributed by atoms with van der Waals surface area (Å²) in [4.78, 5) is 28.1. The van der Waals surface area contributed by atoms with Gasteiger partial charge in [0.15, 0.2) is 5.78 Å². The molecule has 1 aliphatic heterocycles. The molecule has 2 aliphatic carbocycles. The van der Waals surface area contributed by atoms with Crippen LogP contribution in [-0.2, 0) is 16.0 Å². The summed E-state index contributed by atoms with van der Waals surface area (Å²) < 4.78 is 0. The molecule has 3 nitrogen and oxygen atoms in total. The fourth-order valence-electron chi connectivity index (χ4n) is 5.22. The number of carbonyl (C=O) groups is 2. The van der Waals surface area contributed by atoms with Gasteiger partial charge >= 0.3 is 0 Å². The predicted molar refractivity (Wildman–Crippen MR) is 93.8 cm³/mol. The summed E-state index contributed by atoms with van der Waals surface area (Å²) >= 11 is 3.62. The van der Waals surface area contributed by atoms with Crippen LogP contribution in [0.4, 0.5) is 5.69 Å². The highest BCUT2D eigenvalue weighted by Crippen LogP contribution is 2.72. The minimum atomic E-state index is -0.629. The lowest BCUT2D eigenvalue weighted by Gasteiger charge is -2.42. The monoisotopic (exact) mass is 375 g/mol. The lowest BCUT2D eigenvalue weighted by atomic mass is 9.64. The third-order valence-electron chi connectivity index (χ3n) is 7.23. The lowest BCUT2D eigenvalue weighted by Crippen LogP contribution is -2.52. The SMILES string of the molecule is CC12CCC(C(=O)N3CCc4ccccc43)(C(Br)C1=O)C2(C)C. The second kappa shape index (κ2) is 4.47. The van der Waals surface area contributed by atoms with Gasteiger partial charge in [0, 0.05) is 17.6 Å². The standard InChI is InChI=1S/C19H22BrNO2/c1-17(2)18(3)9-10-19(17,14(20)15(18)22)16(23)21-11-8-12-6-4-5-7-13(12)21/h4-7,14H,8-11H2,1-3H3. The Kier molecular flexibility index (Phi) is 2.99. The Bertz CT molecular complexity index is 728. The van der Waals surface area contributed by atoms with Crippen molar-refractivity contribution in [2.45, 2.75) is 44.9 Å². The molecule has 2 bridgehead atoms. The molecular weight excluding hydrogens is 354 g/mol. The number of benzene rings is 1. The zero-order valence-electron chi connectivity index (χ0n) is 13.9. The highest BCUT2D eigenvalue weighted by molar-refractivity contribution is 9.10. The van der Waals surface area contributed by atoms with Gasteiger partial charge in [0.05, 0.1) is 10.2 Å². The quantitative estimate of drug-likeness (QED) is 0.701. The van der Waals surface area contributed by atoms with Crippen LogP contribution in [0.3, 0.4) is 0 Å². The normalized spacial score (nSPS) is 37.3. The van der Waals surface area contributed by atoms with Gasteiger partial charge in [-0.3, -0.25) is 9.59 Å². The molecule has 3 atom stereocenters. The van der Waals surface area contributed by atoms with Crippen molar-refractivity contribution in [3.8, 4) is 0 Å². The maximum atomic E-state index is 13.6. The van der Waals surface area contributed by atoms with E-state index in [9.17, 15) is 9.59 Å². The summed E-state index contributed by atoms with van der Waals surface area (Å²) in [6.07, 6.45) is 2.49. The van der Waals surface area contributed by atoms with E-state index in [1.165, 1.54) is 5.56 Å². The maximum absolute atomic E-state index is 13.6. The molecule has 1 amide bonds. The topological polar surface area (TPSA) is 37.4 Å². The molecule has 4 heteroatoms. The van der Waals surface area contributed by atoms with Gasteiger partial charge in [-0.25, -0.2) is 0 Å². The van der Waals surface area contributed by atoms with Gasteiger partial charge in [-0.1, -0.05) is 54.9 Å². The third kappa shape index (κ3) is 1.52. The van der Waals surface area contributed by atoms with Gasteiger partial charge in [0.2, 0.25) is 5.91 Å². The number of anilines is 1. The summed E-state index contributed by atoms with van der Waals surface area (Å²) in [5.74, 6) is 0.332. The number of amides is 1. The number of hydrogen-bond donors (Lipinski definition) is 0. The first-order valence-corrected chi connectivity index (χ1v) is 9.27. The van der Waals surface area contributed by atoms with Crippen molar-refractivity contribution in [1.82, 2.24) is 0 Å². The van der Waals surface area contributed by atoms with Crippen LogP contribution < -0.4 is 4.90 Å². The third-order valence-corrected chi connectivity index (χ3v) is 8.43. The molecule has 0 N–H and O–H groups in total. The molecular formula is C19H22BrNO2. The Morgan fingerprint density at radius 1 is 1.22 bits per heavy atom. The number of Topliss-reactive ketones (excluding diaryl/α,β-unsaturated/α-hetero) is 1. The number of nitrogens with zero attached hydrogens (tertiary/aromatic N) is 1. The predicted octanol–water partition coefficient (Wildman–Crippen LogP) is 3.73. The molecule has 122 valence electrons. The highest BCUT2D eigenvalue weighted by atomic mass is 79.9. The smallest absolute Gasteiger partial charge is 0.235 e. The van der Waals surface area contributed by atoms with E-state index in [2.05, 4.69) is 35.8 Å². The number of rotatable bonds is 1. The number of halogens is 1. The molecule has 3 unspecified atom stereocenters. The fourth-order valence-corrected chi connectivity index (χ4v) is 6.72. The van der Waals surface area contributed by atoms with Crippen LogP contribution in [0.1, 0.15) is 39.2 Å². The molecule has 0 saturated heterocycles. The number of hydrogen-bond acceptors (Lipinski definition) is 2. The van der Waals surface area contributed by atoms with Crippen molar-refractivity contribution in [2.24, 2.45) is 16.2 Å². The first-order valence-electron chi connectivity index (χ1n) is 8.36. The van der Waals surface area contributed by atoms with Crippen LogP contribution in [0, 0.1) is 16.2 Å². The summed E-state index contributed by atoms with van der Waals surface area (Å²) in [6, 6.07) is 8.12. The zero-order chi connectivity index (χ0) is 16.6. The zero-order valence-corrected chi connectivity index (χ0v) is 15.4. The van der Waals surface area contributed by atoms with E-state index in [0.29, 0.717) is 0 Å². The van der Waals surface area contributed by atoms with E-state index in [0.717, 1.165) is 31.5 Å². The molecule has 0 radical (unpaired) electrons. The van der Waals surface area contributed by atoms with E-state index < -0.39 is 10.8 Å². The minimum absolute atomic E-state index is 0.129. The number of carbonyl (C=O) groups excluding carboxylic acids is 2. The van der Waals surface area contributed by atoms with Crippen LogP contribution in [0.5, 0.6) is 0 Å². The van der Waals surface area contributed by atoms with Crippen molar-refractivity contribution in [3.63, 3.8) is 0 Å². The fraction of sp³-hybridized carbons (Fsp3) is 0.579. The van der Waals surface area contributed by atoms with Crippen LogP contribution >= 0.6 is 15.9 Å². The number of alkyl halides is 1. The second-order valence-corrected chi connectivity index (χ2v) is 8.91. The maximum Gasteiger partial charge on any atom is 0.235 e. The van der Waals surface area contributed by atoms with Crippen molar-refractivity contribution in [2.75, 3.05) is 11.4 Å². The molecule has 23 heavy (non-hydrogen) atoms. The molecule has 1 heterocycles. The Hall–Kier alpha value is -1.16. The van der Waals surface area contributed by atoms with Crippen LogP contribution in [0.25, 0.3) is 0 Å². The average molecular weight is 376 g/mol. The number of ketones is 1. The molecule has 3 aliphatic rings. The van der Waals surface area contributed by atoms with Gasteiger partial charge in [-0.2, -0.15) is 0 Å². The summed E-state index contributed by atoms with van der Waals surface area (Å²) in [6.45, 7) is 6.99. The molecule has 1 aromatic rings. The van der Waals surface area contributed by atoms with Gasteiger partial charge in [-0.05, 0) is 36.3 Å². The van der Waals surface area contributed by atoms with E-state index >= 15 is 0 Å². The number of para-hydroxylation sites is 1. The Morgan fingerprint density at radius 2 is 1.91 bits per heavy atom. The van der Waals surface area contributed by atoms with E-state index in [-0.39, 0.29) is 21.9 Å². The van der Waals surface area contributed by atoms with Crippen molar-refractivity contribution in [1.29, 1.82) is 0 Å². The van der Waals surface area contributed by atoms with Crippen molar-refractivity contribution in [3.05, 3.63) is 29.8 Å². The van der Waals surface area contributed by atoms with Crippen LogP contribution in [-0.4, -0.2) is 23.1 Å². The molecule has 1 aromatic carbocycles. The van der Waals surface area contributed by atoms with Crippen LogP contribution in [0.2, 0.25) is 0 Å². The van der Waals surface area contributed by atoms with Gasteiger partial charge in [0.25, 0.3) is 0 Å². The summed E-state index contributed by atoms with van der Waals surface area (Å²) in [5, 5.41) is 0. The van der Waals surface area contributed by atoms with Crippen molar-refractivity contribution < 1.29 is 9.59 Å².